The van der Waals surface area contributed by atoms with E-state index in [0.717, 1.165) is 11.3 Å². The molecule has 1 unspecified atom stereocenters. The van der Waals surface area contributed by atoms with Crippen LogP contribution in [-0.2, 0) is 4.79 Å². The van der Waals surface area contributed by atoms with Crippen molar-refractivity contribution in [1.82, 2.24) is 0 Å². The second kappa shape index (κ2) is 5.59. The van der Waals surface area contributed by atoms with Crippen LogP contribution in [0.5, 0.6) is 0 Å². The van der Waals surface area contributed by atoms with Gasteiger partial charge in [0.1, 0.15) is 0 Å². The number of rotatable bonds is 5. The maximum atomic E-state index is 11.0. The fourth-order valence-electron chi connectivity index (χ4n) is 1.75. The molecule has 1 N–H and O–H groups in total. The van der Waals surface area contributed by atoms with Crippen molar-refractivity contribution in [3.63, 3.8) is 0 Å². The Morgan fingerprint density at radius 3 is 2.94 bits per heavy atom. The van der Waals surface area contributed by atoms with Crippen LogP contribution in [0.15, 0.2) is 46.7 Å². The molecule has 2 aromatic rings. The van der Waals surface area contributed by atoms with E-state index in [2.05, 4.69) is 24.1 Å². The minimum Gasteiger partial charge on any atom is -0.478 e. The van der Waals surface area contributed by atoms with Crippen molar-refractivity contribution >= 4 is 39.2 Å². The van der Waals surface area contributed by atoms with Gasteiger partial charge in [0.15, 0.2) is 0 Å². The van der Waals surface area contributed by atoms with Crippen molar-refractivity contribution in [3.05, 3.63) is 41.8 Å². The van der Waals surface area contributed by atoms with Crippen LogP contribution in [0.1, 0.15) is 13.3 Å². The zero-order valence-electron chi connectivity index (χ0n) is 10.1. The molecule has 0 radical (unpaired) electrons. The number of thioether (sulfide) groups is 1. The van der Waals surface area contributed by atoms with Crippen LogP contribution in [0.2, 0.25) is 0 Å². The van der Waals surface area contributed by atoms with Gasteiger partial charge in [-0.2, -0.15) is 0 Å². The highest BCUT2D eigenvalue weighted by Crippen LogP contribution is 2.37. The molecular weight excluding hydrogens is 264 g/mol. The Morgan fingerprint density at radius 2 is 2.28 bits per heavy atom. The lowest BCUT2D eigenvalue weighted by molar-refractivity contribution is -0.132. The van der Waals surface area contributed by atoms with Crippen molar-refractivity contribution in [2.75, 3.05) is 0 Å². The van der Waals surface area contributed by atoms with Crippen molar-refractivity contribution in [3.8, 4) is 0 Å². The number of carboxylic acid groups (broad SMARTS) is 1. The zero-order chi connectivity index (χ0) is 13.1. The molecule has 2 nitrogen and oxygen atoms in total. The third-order valence-corrected chi connectivity index (χ3v) is 5.34. The molecule has 94 valence electrons. The molecular formula is C14H14O2S2. The lowest BCUT2D eigenvalue weighted by Gasteiger charge is -2.14. The van der Waals surface area contributed by atoms with E-state index in [4.69, 9.17) is 5.11 Å². The van der Waals surface area contributed by atoms with Crippen LogP contribution in [0.3, 0.4) is 0 Å². The molecule has 0 aliphatic carbocycles. The summed E-state index contributed by atoms with van der Waals surface area (Å²) in [6, 6.07) is 8.20. The first kappa shape index (κ1) is 13.2. The van der Waals surface area contributed by atoms with E-state index in [1.165, 1.54) is 10.1 Å². The van der Waals surface area contributed by atoms with Crippen LogP contribution < -0.4 is 0 Å². The highest BCUT2D eigenvalue weighted by molar-refractivity contribution is 8.00. The van der Waals surface area contributed by atoms with Gasteiger partial charge in [0.25, 0.3) is 0 Å². The molecule has 1 atom stereocenters. The SMILES string of the molecule is C=C(C(=O)O)C(CC)Sc1cccc2ccsc12. The molecule has 1 aromatic heterocycles. The van der Waals surface area contributed by atoms with Gasteiger partial charge < -0.3 is 5.11 Å². The normalized spacial score (nSPS) is 12.5. The van der Waals surface area contributed by atoms with Gasteiger partial charge in [0.2, 0.25) is 0 Å². The third kappa shape index (κ3) is 2.60. The summed E-state index contributed by atoms with van der Waals surface area (Å²) in [6.45, 7) is 5.66. The fraction of sp³-hybridized carbons (Fsp3) is 0.214. The fourth-order valence-corrected chi connectivity index (χ4v) is 3.94. The van der Waals surface area contributed by atoms with Gasteiger partial charge in [-0.05, 0) is 29.3 Å². The maximum Gasteiger partial charge on any atom is 0.332 e. The first-order valence-electron chi connectivity index (χ1n) is 5.68. The number of fused-ring (bicyclic) bond motifs is 1. The molecule has 0 aliphatic rings. The van der Waals surface area contributed by atoms with Gasteiger partial charge in [-0.1, -0.05) is 25.6 Å². The van der Waals surface area contributed by atoms with Crippen molar-refractivity contribution in [1.29, 1.82) is 0 Å². The van der Waals surface area contributed by atoms with Crippen LogP contribution >= 0.6 is 23.1 Å². The van der Waals surface area contributed by atoms with E-state index < -0.39 is 5.97 Å². The average Bonchev–Trinajstić information content (AvgIpc) is 2.83. The van der Waals surface area contributed by atoms with Crippen molar-refractivity contribution < 1.29 is 9.90 Å². The van der Waals surface area contributed by atoms with Gasteiger partial charge in [0, 0.05) is 20.4 Å². The Kier molecular flexibility index (Phi) is 4.09. The Morgan fingerprint density at radius 1 is 1.50 bits per heavy atom. The van der Waals surface area contributed by atoms with Gasteiger partial charge in [-0.3, -0.25) is 0 Å². The second-order valence-corrected chi connectivity index (χ2v) is 6.10. The first-order chi connectivity index (χ1) is 8.63. The van der Waals surface area contributed by atoms with Gasteiger partial charge in [-0.25, -0.2) is 4.79 Å². The summed E-state index contributed by atoms with van der Waals surface area (Å²) in [5.74, 6) is -0.910. The minimum atomic E-state index is -0.910. The van der Waals surface area contributed by atoms with Crippen LogP contribution in [0.4, 0.5) is 0 Å². The van der Waals surface area contributed by atoms with E-state index in [1.807, 2.05) is 19.1 Å². The largest absolute Gasteiger partial charge is 0.478 e. The van der Waals surface area contributed by atoms with Crippen molar-refractivity contribution in [2.24, 2.45) is 0 Å². The highest BCUT2D eigenvalue weighted by atomic mass is 32.2. The molecule has 0 amide bonds. The molecule has 4 heteroatoms. The number of thiophene rings is 1. The smallest absolute Gasteiger partial charge is 0.332 e. The summed E-state index contributed by atoms with van der Waals surface area (Å²) in [5, 5.41) is 12.2. The van der Waals surface area contributed by atoms with Gasteiger partial charge >= 0.3 is 5.97 Å². The van der Waals surface area contributed by atoms with Crippen LogP contribution in [0, 0.1) is 0 Å². The summed E-state index contributed by atoms with van der Waals surface area (Å²) in [5.41, 5.74) is 0.274. The molecule has 0 bridgehead atoms. The summed E-state index contributed by atoms with van der Waals surface area (Å²) >= 11 is 3.28. The first-order valence-corrected chi connectivity index (χ1v) is 7.44. The summed E-state index contributed by atoms with van der Waals surface area (Å²) in [6.07, 6.45) is 0.761. The number of hydrogen-bond acceptors (Lipinski definition) is 3. The third-order valence-electron chi connectivity index (χ3n) is 2.75. The van der Waals surface area contributed by atoms with E-state index in [1.54, 1.807) is 23.1 Å². The lowest BCUT2D eigenvalue weighted by Crippen LogP contribution is -2.12. The van der Waals surface area contributed by atoms with E-state index in [9.17, 15) is 4.79 Å². The Bertz CT molecular complexity index is 586. The van der Waals surface area contributed by atoms with Crippen LogP contribution in [-0.4, -0.2) is 16.3 Å². The van der Waals surface area contributed by atoms with Gasteiger partial charge in [-0.15, -0.1) is 23.1 Å². The predicted octanol–water partition coefficient (Wildman–Crippen LogP) is 4.41. The lowest BCUT2D eigenvalue weighted by atomic mass is 10.2. The summed E-state index contributed by atoms with van der Waals surface area (Å²) in [7, 11) is 0. The molecule has 0 spiro atoms. The molecule has 1 heterocycles. The monoisotopic (exact) mass is 278 g/mol. The highest BCUT2D eigenvalue weighted by Gasteiger charge is 2.19. The molecule has 2 rings (SSSR count). The summed E-state index contributed by atoms with van der Waals surface area (Å²) in [4.78, 5) is 12.1. The number of benzene rings is 1. The predicted molar refractivity (Wildman–Crippen MR) is 78.5 cm³/mol. The second-order valence-electron chi connectivity index (χ2n) is 3.94. The number of hydrogen-bond donors (Lipinski definition) is 1. The molecule has 18 heavy (non-hydrogen) atoms. The van der Waals surface area contributed by atoms with Crippen LogP contribution in [0.25, 0.3) is 10.1 Å². The molecule has 0 fully saturated rings. The topological polar surface area (TPSA) is 37.3 Å². The molecule has 0 saturated heterocycles. The molecule has 0 aliphatic heterocycles. The molecule has 1 aromatic carbocycles. The number of aliphatic carboxylic acids is 1. The average molecular weight is 278 g/mol. The Labute approximate surface area is 114 Å². The van der Waals surface area contributed by atoms with E-state index in [-0.39, 0.29) is 10.8 Å². The maximum absolute atomic E-state index is 11.0. The molecule has 0 saturated carbocycles. The standard InChI is InChI=1S/C14H14O2S2/c1-3-11(9(2)14(15)16)18-12-6-4-5-10-7-8-17-13(10)12/h4-8,11H,2-3H2,1H3,(H,15,16). The number of carbonyl (C=O) groups is 1. The quantitative estimate of drug-likeness (QED) is 0.650. The zero-order valence-corrected chi connectivity index (χ0v) is 11.7. The van der Waals surface area contributed by atoms with E-state index in [0.29, 0.717) is 0 Å². The Balaban J connectivity index is 2.29. The Hall–Kier alpha value is -1.26. The van der Waals surface area contributed by atoms with Gasteiger partial charge in [0.05, 0.1) is 0 Å². The number of carboxylic acids is 1. The van der Waals surface area contributed by atoms with E-state index >= 15 is 0 Å². The van der Waals surface area contributed by atoms with Crippen molar-refractivity contribution in [2.45, 2.75) is 23.5 Å². The minimum absolute atomic E-state index is 0.0739. The summed E-state index contributed by atoms with van der Waals surface area (Å²) < 4.78 is 1.22.